The Hall–Kier alpha value is -2.55. The summed E-state index contributed by atoms with van der Waals surface area (Å²) in [7, 11) is 1.72. The molecule has 0 spiro atoms. The second-order valence-electron chi connectivity index (χ2n) is 7.81. The Kier molecular flexibility index (Phi) is 6.11. The third kappa shape index (κ3) is 4.46. The van der Waals surface area contributed by atoms with Crippen LogP contribution in [0.25, 0.3) is 0 Å². The molecule has 1 heterocycles. The van der Waals surface area contributed by atoms with Gasteiger partial charge in [-0.2, -0.15) is 0 Å². The Morgan fingerprint density at radius 1 is 1.04 bits per heavy atom. The SMILES string of the molecule is COc1ccc([C@H](Cc2ccncc2)C2C=CC=CC2)cc1OC1CCCC1. The topological polar surface area (TPSA) is 31.4 Å². The van der Waals surface area contributed by atoms with E-state index in [-0.39, 0.29) is 0 Å². The molecule has 2 aliphatic carbocycles. The average molecular weight is 376 g/mol. The van der Waals surface area contributed by atoms with Gasteiger partial charge in [-0.1, -0.05) is 30.4 Å². The van der Waals surface area contributed by atoms with Gasteiger partial charge in [-0.05, 0) is 85.8 Å². The van der Waals surface area contributed by atoms with Gasteiger partial charge < -0.3 is 9.47 Å². The van der Waals surface area contributed by atoms with Crippen molar-refractivity contribution in [2.24, 2.45) is 5.92 Å². The normalized spacial score (nSPS) is 20.2. The molecule has 0 radical (unpaired) electrons. The van der Waals surface area contributed by atoms with Crippen LogP contribution in [0.5, 0.6) is 11.5 Å². The Morgan fingerprint density at radius 3 is 2.57 bits per heavy atom. The second-order valence-corrected chi connectivity index (χ2v) is 7.81. The van der Waals surface area contributed by atoms with Gasteiger partial charge >= 0.3 is 0 Å². The number of allylic oxidation sites excluding steroid dienone is 4. The number of pyridine rings is 1. The highest BCUT2D eigenvalue weighted by Gasteiger charge is 2.24. The van der Waals surface area contributed by atoms with Crippen molar-refractivity contribution in [3.63, 3.8) is 0 Å². The van der Waals surface area contributed by atoms with Gasteiger partial charge in [-0.15, -0.1) is 0 Å². The molecule has 146 valence electrons. The molecular weight excluding hydrogens is 346 g/mol. The fourth-order valence-electron chi connectivity index (χ4n) is 4.39. The Labute approximate surface area is 168 Å². The molecule has 1 fully saturated rings. The van der Waals surface area contributed by atoms with Crippen molar-refractivity contribution in [3.8, 4) is 11.5 Å². The molecule has 2 aliphatic rings. The predicted octanol–water partition coefficient (Wildman–Crippen LogP) is 5.87. The molecule has 0 saturated heterocycles. The van der Waals surface area contributed by atoms with E-state index in [0.717, 1.165) is 37.2 Å². The fraction of sp³-hybridized carbons (Fsp3) is 0.400. The van der Waals surface area contributed by atoms with Crippen LogP contribution >= 0.6 is 0 Å². The first-order valence-electron chi connectivity index (χ1n) is 10.4. The molecule has 0 aliphatic heterocycles. The summed E-state index contributed by atoms with van der Waals surface area (Å²) in [6, 6.07) is 10.7. The summed E-state index contributed by atoms with van der Waals surface area (Å²) in [4.78, 5) is 4.17. The lowest BCUT2D eigenvalue weighted by molar-refractivity contribution is 0.200. The van der Waals surface area contributed by atoms with Crippen molar-refractivity contribution >= 4 is 0 Å². The first kappa shape index (κ1) is 18.8. The second kappa shape index (κ2) is 9.09. The first-order chi connectivity index (χ1) is 13.8. The van der Waals surface area contributed by atoms with Crippen LogP contribution in [-0.4, -0.2) is 18.2 Å². The van der Waals surface area contributed by atoms with Crippen LogP contribution in [0.1, 0.15) is 49.1 Å². The smallest absolute Gasteiger partial charge is 0.161 e. The largest absolute Gasteiger partial charge is 0.493 e. The maximum atomic E-state index is 6.36. The summed E-state index contributed by atoms with van der Waals surface area (Å²) in [6.45, 7) is 0. The van der Waals surface area contributed by atoms with Gasteiger partial charge in [0, 0.05) is 12.4 Å². The predicted molar refractivity (Wildman–Crippen MR) is 113 cm³/mol. The Balaban J connectivity index is 1.64. The number of hydrogen-bond acceptors (Lipinski definition) is 3. The van der Waals surface area contributed by atoms with Crippen LogP contribution in [0.3, 0.4) is 0 Å². The molecule has 1 aromatic carbocycles. The van der Waals surface area contributed by atoms with Gasteiger partial charge in [0.25, 0.3) is 0 Å². The van der Waals surface area contributed by atoms with E-state index in [2.05, 4.69) is 59.6 Å². The molecule has 1 unspecified atom stereocenters. The monoisotopic (exact) mass is 375 g/mol. The fourth-order valence-corrected chi connectivity index (χ4v) is 4.39. The lowest BCUT2D eigenvalue weighted by Gasteiger charge is -2.27. The maximum Gasteiger partial charge on any atom is 0.161 e. The molecule has 0 amide bonds. The minimum Gasteiger partial charge on any atom is -0.493 e. The number of hydrogen-bond donors (Lipinski definition) is 0. The zero-order chi connectivity index (χ0) is 19.2. The lowest BCUT2D eigenvalue weighted by atomic mass is 9.78. The Morgan fingerprint density at radius 2 is 1.86 bits per heavy atom. The molecular formula is C25H29NO2. The van der Waals surface area contributed by atoms with Gasteiger partial charge in [0.2, 0.25) is 0 Å². The molecule has 4 rings (SSSR count). The third-order valence-electron chi connectivity index (χ3n) is 5.95. The summed E-state index contributed by atoms with van der Waals surface area (Å²) in [6.07, 6.45) is 19.9. The molecule has 2 aromatic rings. The summed E-state index contributed by atoms with van der Waals surface area (Å²) >= 11 is 0. The molecule has 3 nitrogen and oxygen atoms in total. The third-order valence-corrected chi connectivity index (χ3v) is 5.95. The van der Waals surface area contributed by atoms with Crippen LogP contribution in [-0.2, 0) is 6.42 Å². The number of ether oxygens (including phenoxy) is 2. The van der Waals surface area contributed by atoms with E-state index in [1.165, 1.54) is 24.0 Å². The Bertz CT molecular complexity index is 822. The summed E-state index contributed by atoms with van der Waals surface area (Å²) in [5.41, 5.74) is 2.63. The van der Waals surface area contributed by atoms with Crippen molar-refractivity contribution in [3.05, 3.63) is 78.2 Å². The van der Waals surface area contributed by atoms with E-state index in [0.29, 0.717) is 17.9 Å². The van der Waals surface area contributed by atoms with E-state index in [1.54, 1.807) is 7.11 Å². The molecule has 2 atom stereocenters. The molecule has 0 N–H and O–H groups in total. The lowest BCUT2D eigenvalue weighted by Crippen LogP contribution is -2.16. The quantitative estimate of drug-likeness (QED) is 0.606. The van der Waals surface area contributed by atoms with Crippen molar-refractivity contribution in [1.29, 1.82) is 0 Å². The number of benzene rings is 1. The number of aromatic nitrogens is 1. The number of methoxy groups -OCH3 is 1. The van der Waals surface area contributed by atoms with E-state index in [4.69, 9.17) is 9.47 Å². The van der Waals surface area contributed by atoms with Crippen LogP contribution in [0.15, 0.2) is 67.0 Å². The first-order valence-corrected chi connectivity index (χ1v) is 10.4. The van der Waals surface area contributed by atoms with Crippen molar-refractivity contribution < 1.29 is 9.47 Å². The number of rotatable bonds is 7. The van der Waals surface area contributed by atoms with E-state index >= 15 is 0 Å². The van der Waals surface area contributed by atoms with Gasteiger partial charge in [-0.3, -0.25) is 4.98 Å². The van der Waals surface area contributed by atoms with E-state index < -0.39 is 0 Å². The van der Waals surface area contributed by atoms with Crippen LogP contribution in [0.4, 0.5) is 0 Å². The number of nitrogens with zero attached hydrogens (tertiary/aromatic N) is 1. The van der Waals surface area contributed by atoms with E-state index in [9.17, 15) is 0 Å². The molecule has 0 bridgehead atoms. The zero-order valence-corrected chi connectivity index (χ0v) is 16.6. The highest BCUT2D eigenvalue weighted by atomic mass is 16.5. The van der Waals surface area contributed by atoms with Gasteiger partial charge in [0.1, 0.15) is 0 Å². The zero-order valence-electron chi connectivity index (χ0n) is 16.6. The van der Waals surface area contributed by atoms with Gasteiger partial charge in [-0.25, -0.2) is 0 Å². The van der Waals surface area contributed by atoms with Crippen LogP contribution < -0.4 is 9.47 Å². The molecule has 1 aromatic heterocycles. The average Bonchev–Trinajstić information content (AvgIpc) is 3.26. The maximum absolute atomic E-state index is 6.36. The minimum absolute atomic E-state index is 0.320. The summed E-state index contributed by atoms with van der Waals surface area (Å²) in [5, 5.41) is 0. The van der Waals surface area contributed by atoms with Crippen molar-refractivity contribution in [1.82, 2.24) is 4.98 Å². The van der Waals surface area contributed by atoms with Gasteiger partial charge in [0.15, 0.2) is 11.5 Å². The van der Waals surface area contributed by atoms with Crippen molar-refractivity contribution in [2.75, 3.05) is 7.11 Å². The van der Waals surface area contributed by atoms with Gasteiger partial charge in [0.05, 0.1) is 13.2 Å². The highest BCUT2D eigenvalue weighted by Crippen LogP contribution is 2.39. The van der Waals surface area contributed by atoms with Crippen molar-refractivity contribution in [2.45, 2.75) is 50.5 Å². The minimum atomic E-state index is 0.320. The summed E-state index contributed by atoms with van der Waals surface area (Å²) in [5.74, 6) is 2.59. The molecule has 28 heavy (non-hydrogen) atoms. The van der Waals surface area contributed by atoms with E-state index in [1.807, 2.05) is 12.4 Å². The standard InChI is InChI=1S/C25H29NO2/c1-27-24-12-11-21(18-25(24)28-22-9-5-6-10-22)23(20-7-3-2-4-8-20)17-19-13-15-26-16-14-19/h2-4,7,11-16,18,20,22-23H,5-6,8-10,17H2,1H3/t20?,23-/m1/s1. The van der Waals surface area contributed by atoms with Crippen LogP contribution in [0.2, 0.25) is 0 Å². The van der Waals surface area contributed by atoms with Crippen LogP contribution in [0, 0.1) is 5.92 Å². The molecule has 1 saturated carbocycles. The molecule has 3 heteroatoms. The highest BCUT2D eigenvalue weighted by molar-refractivity contribution is 5.45. The summed E-state index contributed by atoms with van der Waals surface area (Å²) < 4.78 is 12.0.